The van der Waals surface area contributed by atoms with Gasteiger partial charge in [0.2, 0.25) is 0 Å². The number of aromatic nitrogens is 3. The van der Waals surface area contributed by atoms with E-state index in [4.69, 9.17) is 0 Å². The largest absolute Gasteiger partial charge is 0.353 e. The summed E-state index contributed by atoms with van der Waals surface area (Å²) in [5.41, 5.74) is 2.03. The Morgan fingerprint density at radius 1 is 1.15 bits per heavy atom. The number of rotatable bonds is 3. The van der Waals surface area contributed by atoms with Crippen LogP contribution in [-0.4, -0.2) is 56.3 Å². The molecule has 9 heteroatoms. The number of fused-ring (bicyclic) bond motifs is 1. The van der Waals surface area contributed by atoms with Crippen molar-refractivity contribution < 1.29 is 9.72 Å². The van der Waals surface area contributed by atoms with Crippen molar-refractivity contribution in [3.05, 3.63) is 64.2 Å². The Hall–Kier alpha value is -3.49. The molecule has 1 saturated heterocycles. The number of piperazine rings is 1. The molecule has 0 N–H and O–H groups in total. The van der Waals surface area contributed by atoms with E-state index in [0.717, 1.165) is 5.65 Å². The second-order valence-corrected chi connectivity index (χ2v) is 6.39. The zero-order valence-corrected chi connectivity index (χ0v) is 14.8. The maximum atomic E-state index is 13.0. The summed E-state index contributed by atoms with van der Waals surface area (Å²) in [4.78, 5) is 35.7. The summed E-state index contributed by atoms with van der Waals surface area (Å²) in [6.07, 6.45) is 3.11. The molecular weight excluding hydrogens is 348 g/mol. The molecule has 1 aliphatic heterocycles. The summed E-state index contributed by atoms with van der Waals surface area (Å²) in [5, 5.41) is 10.7. The number of carbonyl (C=O) groups excluding carboxylic acids is 1. The molecule has 27 heavy (non-hydrogen) atoms. The Kier molecular flexibility index (Phi) is 4.19. The first-order valence-electron chi connectivity index (χ1n) is 8.63. The number of nitro groups is 1. The minimum Gasteiger partial charge on any atom is -0.353 e. The lowest BCUT2D eigenvalue weighted by atomic mass is 10.2. The topological polar surface area (TPSA) is 96.9 Å². The monoisotopic (exact) mass is 366 g/mol. The Labute approximate surface area is 155 Å². The number of pyridine rings is 2. The molecule has 0 unspecified atom stereocenters. The first-order chi connectivity index (χ1) is 13.0. The fraction of sp³-hybridized carbons (Fsp3) is 0.278. The molecule has 0 bridgehead atoms. The summed E-state index contributed by atoms with van der Waals surface area (Å²) in [5.74, 6) is 0.640. The number of imidazole rings is 1. The zero-order valence-electron chi connectivity index (χ0n) is 14.8. The van der Waals surface area contributed by atoms with Gasteiger partial charge in [0.1, 0.15) is 23.4 Å². The molecule has 0 radical (unpaired) electrons. The van der Waals surface area contributed by atoms with Crippen LogP contribution < -0.4 is 4.90 Å². The third kappa shape index (κ3) is 3.07. The van der Waals surface area contributed by atoms with Gasteiger partial charge in [-0.3, -0.25) is 19.3 Å². The first kappa shape index (κ1) is 17.0. The van der Waals surface area contributed by atoms with Gasteiger partial charge in [-0.25, -0.2) is 9.97 Å². The van der Waals surface area contributed by atoms with E-state index in [9.17, 15) is 14.9 Å². The SMILES string of the molecule is Cc1nc2ccccn2c1C(=O)N1CCN(c2ccc([N+](=O)[O-])cn2)CC1. The van der Waals surface area contributed by atoms with E-state index < -0.39 is 4.92 Å². The summed E-state index contributed by atoms with van der Waals surface area (Å²) < 4.78 is 1.82. The van der Waals surface area contributed by atoms with Crippen molar-refractivity contribution in [1.29, 1.82) is 0 Å². The van der Waals surface area contributed by atoms with Gasteiger partial charge < -0.3 is 9.80 Å². The average molecular weight is 366 g/mol. The van der Waals surface area contributed by atoms with Gasteiger partial charge in [-0.15, -0.1) is 0 Å². The summed E-state index contributed by atoms with van der Waals surface area (Å²) >= 11 is 0. The standard InChI is InChI=1S/C18H18N6O3/c1-13-17(23-7-3-2-4-16(23)20-13)18(25)22-10-8-21(9-11-22)15-6-5-14(12-19-15)24(26)27/h2-7,12H,8-11H2,1H3. The maximum absolute atomic E-state index is 13.0. The number of anilines is 1. The van der Waals surface area contributed by atoms with E-state index in [1.54, 1.807) is 6.07 Å². The van der Waals surface area contributed by atoms with Gasteiger partial charge in [-0.05, 0) is 25.1 Å². The van der Waals surface area contributed by atoms with Crippen molar-refractivity contribution in [3.8, 4) is 0 Å². The van der Waals surface area contributed by atoms with Crippen molar-refractivity contribution in [3.63, 3.8) is 0 Å². The maximum Gasteiger partial charge on any atom is 0.287 e. The Bertz CT molecular complexity index is 1010. The number of hydrogen-bond donors (Lipinski definition) is 0. The highest BCUT2D eigenvalue weighted by molar-refractivity contribution is 5.94. The Balaban J connectivity index is 1.48. The molecule has 9 nitrogen and oxygen atoms in total. The van der Waals surface area contributed by atoms with Gasteiger partial charge >= 0.3 is 0 Å². The molecule has 4 rings (SSSR count). The minimum atomic E-state index is -0.467. The number of nitrogens with zero attached hydrogens (tertiary/aromatic N) is 6. The van der Waals surface area contributed by atoms with Crippen LogP contribution in [0.3, 0.4) is 0 Å². The Morgan fingerprint density at radius 3 is 2.59 bits per heavy atom. The van der Waals surface area contributed by atoms with E-state index in [1.807, 2.05) is 45.5 Å². The van der Waals surface area contributed by atoms with E-state index in [2.05, 4.69) is 9.97 Å². The van der Waals surface area contributed by atoms with Gasteiger partial charge in [-0.2, -0.15) is 0 Å². The third-order valence-corrected chi connectivity index (χ3v) is 4.74. The van der Waals surface area contributed by atoms with E-state index >= 15 is 0 Å². The van der Waals surface area contributed by atoms with Crippen LogP contribution in [0.15, 0.2) is 42.7 Å². The van der Waals surface area contributed by atoms with Crippen LogP contribution in [0.25, 0.3) is 5.65 Å². The van der Waals surface area contributed by atoms with Crippen molar-refractivity contribution in [2.24, 2.45) is 0 Å². The van der Waals surface area contributed by atoms with E-state index in [0.29, 0.717) is 43.4 Å². The number of aryl methyl sites for hydroxylation is 1. The molecule has 1 amide bonds. The van der Waals surface area contributed by atoms with E-state index in [-0.39, 0.29) is 11.6 Å². The summed E-state index contributed by atoms with van der Waals surface area (Å²) in [6.45, 7) is 4.18. The highest BCUT2D eigenvalue weighted by Crippen LogP contribution is 2.19. The summed E-state index contributed by atoms with van der Waals surface area (Å²) in [6, 6.07) is 8.74. The molecule has 4 heterocycles. The average Bonchev–Trinajstić information content (AvgIpc) is 3.03. The highest BCUT2D eigenvalue weighted by Gasteiger charge is 2.26. The van der Waals surface area contributed by atoms with Crippen molar-refractivity contribution in [2.75, 3.05) is 31.1 Å². The number of amides is 1. The lowest BCUT2D eigenvalue weighted by Crippen LogP contribution is -2.49. The molecule has 3 aromatic heterocycles. The van der Waals surface area contributed by atoms with Gasteiger partial charge in [0.15, 0.2) is 0 Å². The van der Waals surface area contributed by atoms with Crippen LogP contribution in [0.1, 0.15) is 16.2 Å². The molecule has 3 aromatic rings. The van der Waals surface area contributed by atoms with Crippen LogP contribution >= 0.6 is 0 Å². The lowest BCUT2D eigenvalue weighted by Gasteiger charge is -2.35. The first-order valence-corrected chi connectivity index (χ1v) is 8.63. The van der Waals surface area contributed by atoms with Crippen LogP contribution in [0.2, 0.25) is 0 Å². The van der Waals surface area contributed by atoms with Gasteiger partial charge in [0.05, 0.1) is 10.6 Å². The molecule has 0 atom stereocenters. The minimum absolute atomic E-state index is 0.0318. The molecule has 0 aromatic carbocycles. The van der Waals surface area contributed by atoms with Crippen molar-refractivity contribution in [2.45, 2.75) is 6.92 Å². The highest BCUT2D eigenvalue weighted by atomic mass is 16.6. The fourth-order valence-corrected chi connectivity index (χ4v) is 3.33. The molecule has 138 valence electrons. The molecule has 0 saturated carbocycles. The predicted octanol–water partition coefficient (Wildman–Crippen LogP) is 1.91. The fourth-order valence-electron chi connectivity index (χ4n) is 3.33. The molecule has 1 aliphatic rings. The second-order valence-electron chi connectivity index (χ2n) is 6.39. The predicted molar refractivity (Wildman–Crippen MR) is 98.9 cm³/mol. The third-order valence-electron chi connectivity index (χ3n) is 4.74. The normalized spacial score (nSPS) is 14.6. The van der Waals surface area contributed by atoms with Gasteiger partial charge in [-0.1, -0.05) is 6.07 Å². The molecule has 0 aliphatic carbocycles. The molecular formula is C18H18N6O3. The zero-order chi connectivity index (χ0) is 19.0. The quantitative estimate of drug-likeness (QED) is 0.519. The number of carbonyl (C=O) groups is 1. The lowest BCUT2D eigenvalue weighted by molar-refractivity contribution is -0.385. The molecule has 0 spiro atoms. The van der Waals surface area contributed by atoms with Crippen LogP contribution in [0.4, 0.5) is 11.5 Å². The summed E-state index contributed by atoms with van der Waals surface area (Å²) in [7, 11) is 0. The van der Waals surface area contributed by atoms with Crippen molar-refractivity contribution >= 4 is 23.1 Å². The van der Waals surface area contributed by atoms with Gasteiger partial charge in [0.25, 0.3) is 11.6 Å². The van der Waals surface area contributed by atoms with Gasteiger partial charge in [0, 0.05) is 38.4 Å². The smallest absolute Gasteiger partial charge is 0.287 e. The molecule has 1 fully saturated rings. The van der Waals surface area contributed by atoms with Crippen molar-refractivity contribution in [1.82, 2.24) is 19.3 Å². The van der Waals surface area contributed by atoms with Crippen LogP contribution in [0, 0.1) is 17.0 Å². The van der Waals surface area contributed by atoms with Crippen LogP contribution in [-0.2, 0) is 0 Å². The Morgan fingerprint density at radius 2 is 1.93 bits per heavy atom. The second kappa shape index (κ2) is 6.67. The van der Waals surface area contributed by atoms with Crippen LogP contribution in [0.5, 0.6) is 0 Å². The number of hydrogen-bond acceptors (Lipinski definition) is 6. The van der Waals surface area contributed by atoms with E-state index in [1.165, 1.54) is 12.3 Å².